The number of hydrogen-bond donors (Lipinski definition) is 1. The summed E-state index contributed by atoms with van der Waals surface area (Å²) in [5.41, 5.74) is 0.457. The van der Waals surface area contributed by atoms with E-state index in [1.807, 2.05) is 30.3 Å². The number of nitrogens with zero attached hydrogens (tertiary/aromatic N) is 4. The first-order valence-corrected chi connectivity index (χ1v) is 9.67. The molecule has 0 saturated carbocycles. The van der Waals surface area contributed by atoms with Crippen LogP contribution in [0.3, 0.4) is 0 Å². The van der Waals surface area contributed by atoms with Gasteiger partial charge < -0.3 is 10.1 Å². The van der Waals surface area contributed by atoms with Crippen LogP contribution in [0.15, 0.2) is 89.2 Å². The Morgan fingerprint density at radius 1 is 0.967 bits per heavy atom. The van der Waals surface area contributed by atoms with Crippen molar-refractivity contribution in [3.05, 3.63) is 90.6 Å². The van der Waals surface area contributed by atoms with Crippen molar-refractivity contribution in [1.82, 2.24) is 15.0 Å². The second-order valence-electron chi connectivity index (χ2n) is 6.01. The highest BCUT2D eigenvalue weighted by Gasteiger charge is 2.11. The largest absolute Gasteiger partial charge is 0.453 e. The number of anilines is 2. The number of nitrogens with one attached hydrogen (secondary N) is 1. The van der Waals surface area contributed by atoms with Gasteiger partial charge in [0.2, 0.25) is 0 Å². The molecule has 0 spiro atoms. The third kappa shape index (κ3) is 4.90. The zero-order valence-electron chi connectivity index (χ0n) is 15.5. The molecule has 6 nitrogen and oxygen atoms in total. The molecular formula is C22H14FN5OS. The molecule has 0 amide bonds. The fraction of sp³-hybridized carbons (Fsp3) is 0. The van der Waals surface area contributed by atoms with Crippen LogP contribution in [0.2, 0.25) is 0 Å². The van der Waals surface area contributed by atoms with E-state index >= 15 is 0 Å². The molecule has 0 radical (unpaired) electrons. The number of aromatic nitrogens is 3. The minimum absolute atomic E-state index is 0.347. The van der Waals surface area contributed by atoms with Gasteiger partial charge in [0, 0.05) is 29.6 Å². The van der Waals surface area contributed by atoms with E-state index in [1.165, 1.54) is 42.2 Å². The van der Waals surface area contributed by atoms with E-state index in [1.54, 1.807) is 24.5 Å². The molecule has 0 atom stereocenters. The van der Waals surface area contributed by atoms with Crippen molar-refractivity contribution in [3.63, 3.8) is 0 Å². The predicted octanol–water partition coefficient (Wildman–Crippen LogP) is 5.57. The first-order chi connectivity index (χ1) is 14.7. The van der Waals surface area contributed by atoms with E-state index in [4.69, 9.17) is 10.00 Å². The number of pyridine rings is 3. The molecule has 3 heterocycles. The molecule has 3 aromatic heterocycles. The molecule has 0 fully saturated rings. The van der Waals surface area contributed by atoms with Crippen LogP contribution in [0.1, 0.15) is 5.56 Å². The molecule has 0 aliphatic rings. The highest BCUT2D eigenvalue weighted by molar-refractivity contribution is 7.99. The molecule has 4 rings (SSSR count). The van der Waals surface area contributed by atoms with Gasteiger partial charge >= 0.3 is 0 Å². The average Bonchev–Trinajstić information content (AvgIpc) is 2.78. The zero-order valence-corrected chi connectivity index (χ0v) is 16.3. The molecule has 1 N–H and O–H groups in total. The van der Waals surface area contributed by atoms with Gasteiger partial charge in [-0.15, -0.1) is 0 Å². The van der Waals surface area contributed by atoms with Crippen LogP contribution >= 0.6 is 11.8 Å². The topological polar surface area (TPSA) is 83.7 Å². The Morgan fingerprint density at radius 2 is 1.83 bits per heavy atom. The smallest absolute Gasteiger partial charge is 0.175 e. The Morgan fingerprint density at radius 3 is 2.53 bits per heavy atom. The van der Waals surface area contributed by atoms with Gasteiger partial charge in [-0.1, -0.05) is 17.8 Å². The van der Waals surface area contributed by atoms with Crippen molar-refractivity contribution in [2.24, 2.45) is 0 Å². The Hall–Kier alpha value is -3.96. The molecule has 0 aliphatic carbocycles. The van der Waals surface area contributed by atoms with Gasteiger partial charge in [0.15, 0.2) is 11.6 Å². The van der Waals surface area contributed by atoms with E-state index in [0.29, 0.717) is 28.7 Å². The summed E-state index contributed by atoms with van der Waals surface area (Å²) < 4.78 is 19.2. The Balaban J connectivity index is 1.64. The summed E-state index contributed by atoms with van der Waals surface area (Å²) in [6.45, 7) is 0. The standard InChI is InChI=1S/C22H14FN5OS/c23-16-5-7-17(8-6-16)29-19-11-18(30-21-3-1-2-10-25-21)14-27-22(19)28-20-9-4-15(12-24)13-26-20/h1-11,13-14H,(H,26,27,28). The third-order valence-corrected chi connectivity index (χ3v) is 4.78. The molecule has 0 aliphatic heterocycles. The molecule has 146 valence electrons. The molecule has 8 heteroatoms. The van der Waals surface area contributed by atoms with Crippen LogP contribution in [0.5, 0.6) is 11.5 Å². The summed E-state index contributed by atoms with van der Waals surface area (Å²) in [6.07, 6.45) is 4.88. The van der Waals surface area contributed by atoms with Crippen LogP contribution in [0.25, 0.3) is 0 Å². The number of ether oxygens (including phenoxy) is 1. The lowest BCUT2D eigenvalue weighted by atomic mass is 10.3. The van der Waals surface area contributed by atoms with Crippen molar-refractivity contribution in [3.8, 4) is 17.6 Å². The second-order valence-corrected chi connectivity index (χ2v) is 7.11. The first-order valence-electron chi connectivity index (χ1n) is 8.85. The van der Waals surface area contributed by atoms with Gasteiger partial charge in [-0.05, 0) is 48.5 Å². The maximum Gasteiger partial charge on any atom is 0.175 e. The lowest BCUT2D eigenvalue weighted by Crippen LogP contribution is -1.99. The van der Waals surface area contributed by atoms with Gasteiger partial charge in [0.05, 0.1) is 5.56 Å². The summed E-state index contributed by atoms with van der Waals surface area (Å²) in [5.74, 6) is 1.50. The van der Waals surface area contributed by atoms with Gasteiger partial charge in [0.1, 0.15) is 28.5 Å². The molecule has 0 bridgehead atoms. The zero-order chi connectivity index (χ0) is 20.8. The van der Waals surface area contributed by atoms with Crippen LogP contribution in [0.4, 0.5) is 16.0 Å². The molecule has 4 aromatic rings. The van der Waals surface area contributed by atoms with Crippen LogP contribution < -0.4 is 10.1 Å². The van der Waals surface area contributed by atoms with Gasteiger partial charge in [-0.25, -0.2) is 19.3 Å². The normalized spacial score (nSPS) is 10.3. The molecule has 0 unspecified atom stereocenters. The Kier molecular flexibility index (Phi) is 5.83. The minimum atomic E-state index is -0.347. The lowest BCUT2D eigenvalue weighted by Gasteiger charge is -2.13. The SMILES string of the molecule is N#Cc1ccc(Nc2ncc(Sc3ccccn3)cc2Oc2ccc(F)cc2)nc1. The number of nitriles is 1. The summed E-state index contributed by atoms with van der Waals surface area (Å²) >= 11 is 1.44. The summed E-state index contributed by atoms with van der Waals surface area (Å²) in [4.78, 5) is 13.8. The number of benzene rings is 1. The average molecular weight is 415 g/mol. The number of hydrogen-bond acceptors (Lipinski definition) is 7. The quantitative estimate of drug-likeness (QED) is 0.441. The number of halogens is 1. The summed E-state index contributed by atoms with van der Waals surface area (Å²) in [5, 5.41) is 12.8. The number of rotatable bonds is 6. The van der Waals surface area contributed by atoms with E-state index in [9.17, 15) is 4.39 Å². The van der Waals surface area contributed by atoms with Crippen molar-refractivity contribution in [1.29, 1.82) is 5.26 Å². The van der Waals surface area contributed by atoms with Crippen LogP contribution in [-0.4, -0.2) is 15.0 Å². The third-order valence-electron chi connectivity index (χ3n) is 3.87. The first kappa shape index (κ1) is 19.4. The lowest BCUT2D eigenvalue weighted by molar-refractivity contribution is 0.479. The van der Waals surface area contributed by atoms with Crippen molar-refractivity contribution in [2.75, 3.05) is 5.32 Å². The molecule has 30 heavy (non-hydrogen) atoms. The molecular weight excluding hydrogens is 401 g/mol. The summed E-state index contributed by atoms with van der Waals surface area (Å²) in [6, 6.07) is 18.6. The predicted molar refractivity (Wildman–Crippen MR) is 111 cm³/mol. The highest BCUT2D eigenvalue weighted by Crippen LogP contribution is 2.35. The van der Waals surface area contributed by atoms with Crippen molar-refractivity contribution in [2.45, 2.75) is 9.92 Å². The van der Waals surface area contributed by atoms with Gasteiger partial charge in [0.25, 0.3) is 0 Å². The monoisotopic (exact) mass is 415 g/mol. The minimum Gasteiger partial charge on any atom is -0.453 e. The van der Waals surface area contributed by atoms with E-state index in [0.717, 1.165) is 9.92 Å². The summed E-state index contributed by atoms with van der Waals surface area (Å²) in [7, 11) is 0. The fourth-order valence-electron chi connectivity index (χ4n) is 2.47. The van der Waals surface area contributed by atoms with Crippen LogP contribution in [0, 0.1) is 17.1 Å². The van der Waals surface area contributed by atoms with Crippen molar-refractivity contribution < 1.29 is 9.13 Å². The maximum atomic E-state index is 13.2. The molecule has 0 saturated heterocycles. The fourth-order valence-corrected chi connectivity index (χ4v) is 3.24. The van der Waals surface area contributed by atoms with Gasteiger partial charge in [-0.3, -0.25) is 0 Å². The van der Waals surface area contributed by atoms with Crippen molar-refractivity contribution >= 4 is 23.4 Å². The maximum absolute atomic E-state index is 13.2. The van der Waals surface area contributed by atoms with Gasteiger partial charge in [-0.2, -0.15) is 5.26 Å². The van der Waals surface area contributed by atoms with Crippen LogP contribution in [-0.2, 0) is 0 Å². The second kappa shape index (κ2) is 9.03. The Labute approximate surface area is 176 Å². The highest BCUT2D eigenvalue weighted by atomic mass is 32.2. The van der Waals surface area contributed by atoms with E-state index in [-0.39, 0.29) is 5.82 Å². The Bertz CT molecular complexity index is 1180. The van der Waals surface area contributed by atoms with E-state index < -0.39 is 0 Å². The van der Waals surface area contributed by atoms with E-state index in [2.05, 4.69) is 20.3 Å². The molecule has 1 aromatic carbocycles.